The zero-order chi connectivity index (χ0) is 18.0. The number of hydrogen-bond acceptors (Lipinski definition) is 3. The standard InChI is InChI=1S/C19H24N4O2/c1-4-14-6-8-15(9-7-14)20-19(25)16(5-2)23-17-12-13(3)21-22(17)11-10-18(23)24/h6-9,12,16H,4-5,10-11H2,1-3H3,(H,20,25). The highest BCUT2D eigenvalue weighted by Crippen LogP contribution is 2.26. The maximum atomic E-state index is 12.8. The van der Waals surface area contributed by atoms with E-state index in [-0.39, 0.29) is 11.8 Å². The van der Waals surface area contributed by atoms with Gasteiger partial charge in [0.05, 0.1) is 12.2 Å². The molecular formula is C19H24N4O2. The van der Waals surface area contributed by atoms with Crippen LogP contribution in [0.15, 0.2) is 30.3 Å². The molecule has 1 aromatic heterocycles. The highest BCUT2D eigenvalue weighted by atomic mass is 16.2. The van der Waals surface area contributed by atoms with Gasteiger partial charge in [-0.2, -0.15) is 5.10 Å². The molecule has 2 heterocycles. The Kier molecular flexibility index (Phi) is 4.88. The van der Waals surface area contributed by atoms with E-state index >= 15 is 0 Å². The number of fused-ring (bicyclic) bond motifs is 1. The summed E-state index contributed by atoms with van der Waals surface area (Å²) in [6, 6.07) is 9.12. The van der Waals surface area contributed by atoms with Crippen LogP contribution in [0, 0.1) is 6.92 Å². The number of nitrogens with one attached hydrogen (secondary N) is 1. The van der Waals surface area contributed by atoms with Crippen LogP contribution in [0.1, 0.15) is 37.9 Å². The van der Waals surface area contributed by atoms with Gasteiger partial charge in [0.15, 0.2) is 0 Å². The molecule has 1 aliphatic rings. The van der Waals surface area contributed by atoms with Gasteiger partial charge in [-0.25, -0.2) is 4.68 Å². The third-order valence-corrected chi connectivity index (χ3v) is 4.56. The number of carbonyl (C=O) groups is 2. The first kappa shape index (κ1) is 17.2. The van der Waals surface area contributed by atoms with Crippen LogP contribution in [0.4, 0.5) is 11.5 Å². The largest absolute Gasteiger partial charge is 0.324 e. The summed E-state index contributed by atoms with van der Waals surface area (Å²) in [5.41, 5.74) is 2.81. The number of hydrogen-bond donors (Lipinski definition) is 1. The minimum absolute atomic E-state index is 0.0317. The minimum Gasteiger partial charge on any atom is -0.324 e. The molecule has 132 valence electrons. The lowest BCUT2D eigenvalue weighted by Gasteiger charge is -2.33. The predicted molar refractivity (Wildman–Crippen MR) is 97.6 cm³/mol. The lowest BCUT2D eigenvalue weighted by atomic mass is 10.1. The number of aromatic nitrogens is 2. The minimum atomic E-state index is -0.548. The number of nitrogens with zero attached hydrogens (tertiary/aromatic N) is 3. The van der Waals surface area contributed by atoms with Gasteiger partial charge >= 0.3 is 0 Å². The fourth-order valence-corrected chi connectivity index (χ4v) is 3.21. The second-order valence-corrected chi connectivity index (χ2v) is 6.34. The summed E-state index contributed by atoms with van der Waals surface area (Å²) in [6.45, 7) is 6.47. The molecule has 0 aliphatic carbocycles. The highest BCUT2D eigenvalue weighted by Gasteiger charge is 2.34. The Labute approximate surface area is 147 Å². The van der Waals surface area contributed by atoms with Crippen LogP contribution < -0.4 is 10.2 Å². The van der Waals surface area contributed by atoms with E-state index in [0.717, 1.165) is 17.8 Å². The van der Waals surface area contributed by atoms with E-state index in [1.54, 1.807) is 4.90 Å². The van der Waals surface area contributed by atoms with Crippen LogP contribution in [0.5, 0.6) is 0 Å². The van der Waals surface area contributed by atoms with Crippen molar-refractivity contribution in [3.8, 4) is 0 Å². The van der Waals surface area contributed by atoms with Gasteiger partial charge in [-0.3, -0.25) is 14.5 Å². The van der Waals surface area contributed by atoms with E-state index in [9.17, 15) is 9.59 Å². The molecule has 0 saturated carbocycles. The molecule has 0 bridgehead atoms. The fraction of sp³-hybridized carbons (Fsp3) is 0.421. The van der Waals surface area contributed by atoms with Gasteiger partial charge in [-0.05, 0) is 37.5 Å². The lowest BCUT2D eigenvalue weighted by Crippen LogP contribution is -2.50. The summed E-state index contributed by atoms with van der Waals surface area (Å²) in [6.07, 6.45) is 1.86. The van der Waals surface area contributed by atoms with Crippen LogP contribution in [0.2, 0.25) is 0 Å². The van der Waals surface area contributed by atoms with Crippen LogP contribution in [-0.4, -0.2) is 27.6 Å². The molecule has 6 nitrogen and oxygen atoms in total. The van der Waals surface area contributed by atoms with Crippen molar-refractivity contribution in [1.82, 2.24) is 9.78 Å². The first-order valence-corrected chi connectivity index (χ1v) is 8.79. The fourth-order valence-electron chi connectivity index (χ4n) is 3.21. The molecule has 1 N–H and O–H groups in total. The molecule has 1 aromatic carbocycles. The molecule has 0 saturated heterocycles. The zero-order valence-electron chi connectivity index (χ0n) is 15.0. The van der Waals surface area contributed by atoms with E-state index < -0.39 is 6.04 Å². The molecule has 0 radical (unpaired) electrons. The predicted octanol–water partition coefficient (Wildman–Crippen LogP) is 2.91. The average Bonchev–Trinajstić information content (AvgIpc) is 2.98. The summed E-state index contributed by atoms with van der Waals surface area (Å²) in [5, 5.41) is 7.34. The number of rotatable bonds is 5. The monoisotopic (exact) mass is 340 g/mol. The third-order valence-electron chi connectivity index (χ3n) is 4.56. The quantitative estimate of drug-likeness (QED) is 0.910. The number of benzene rings is 1. The summed E-state index contributed by atoms with van der Waals surface area (Å²) in [4.78, 5) is 26.9. The van der Waals surface area contributed by atoms with Crippen molar-refractivity contribution in [3.63, 3.8) is 0 Å². The van der Waals surface area contributed by atoms with Gasteiger partial charge < -0.3 is 5.32 Å². The number of anilines is 2. The van der Waals surface area contributed by atoms with E-state index in [4.69, 9.17) is 0 Å². The summed E-state index contributed by atoms with van der Waals surface area (Å²) in [7, 11) is 0. The SMILES string of the molecule is CCc1ccc(NC(=O)C(CC)N2C(=O)CCn3nc(C)cc32)cc1. The smallest absolute Gasteiger partial charge is 0.247 e. The third kappa shape index (κ3) is 3.43. The average molecular weight is 340 g/mol. The van der Waals surface area contributed by atoms with E-state index in [1.165, 1.54) is 5.56 Å². The Hall–Kier alpha value is -2.63. The van der Waals surface area contributed by atoms with Gasteiger partial charge in [-0.15, -0.1) is 0 Å². The summed E-state index contributed by atoms with van der Waals surface area (Å²) >= 11 is 0. The molecule has 2 amide bonds. The van der Waals surface area contributed by atoms with Crippen LogP contribution >= 0.6 is 0 Å². The second-order valence-electron chi connectivity index (χ2n) is 6.34. The molecule has 3 rings (SSSR count). The van der Waals surface area contributed by atoms with Crippen LogP contribution in [0.3, 0.4) is 0 Å². The Morgan fingerprint density at radius 2 is 2.00 bits per heavy atom. The topological polar surface area (TPSA) is 67.2 Å². The van der Waals surface area contributed by atoms with E-state index in [1.807, 2.05) is 48.9 Å². The van der Waals surface area contributed by atoms with Gasteiger partial charge in [0.1, 0.15) is 11.9 Å². The molecule has 0 spiro atoms. The number of carbonyl (C=O) groups excluding carboxylic acids is 2. The summed E-state index contributed by atoms with van der Waals surface area (Å²) < 4.78 is 1.81. The molecule has 1 unspecified atom stereocenters. The Morgan fingerprint density at radius 1 is 1.28 bits per heavy atom. The van der Waals surface area contributed by atoms with Crippen molar-refractivity contribution >= 4 is 23.3 Å². The molecular weight excluding hydrogens is 316 g/mol. The normalized spacial score (nSPS) is 15.0. The second kappa shape index (κ2) is 7.09. The van der Waals surface area contributed by atoms with Crippen molar-refractivity contribution in [2.75, 3.05) is 10.2 Å². The number of amides is 2. The maximum Gasteiger partial charge on any atom is 0.247 e. The van der Waals surface area contributed by atoms with Gasteiger partial charge in [0.25, 0.3) is 0 Å². The molecule has 6 heteroatoms. The van der Waals surface area contributed by atoms with Crippen molar-refractivity contribution in [2.45, 2.75) is 52.6 Å². The molecule has 1 atom stereocenters. The number of aryl methyl sites for hydroxylation is 3. The highest BCUT2D eigenvalue weighted by molar-refractivity contribution is 6.05. The maximum absolute atomic E-state index is 12.8. The van der Waals surface area contributed by atoms with Crippen LogP contribution in [0.25, 0.3) is 0 Å². The van der Waals surface area contributed by atoms with Crippen molar-refractivity contribution in [1.29, 1.82) is 0 Å². The van der Waals surface area contributed by atoms with Gasteiger partial charge in [0.2, 0.25) is 11.8 Å². The van der Waals surface area contributed by atoms with Crippen molar-refractivity contribution < 1.29 is 9.59 Å². The Morgan fingerprint density at radius 3 is 2.64 bits per heavy atom. The molecule has 1 aliphatic heterocycles. The molecule has 0 fully saturated rings. The lowest BCUT2D eigenvalue weighted by molar-refractivity contribution is -0.124. The van der Waals surface area contributed by atoms with Gasteiger partial charge in [-0.1, -0.05) is 26.0 Å². The van der Waals surface area contributed by atoms with E-state index in [2.05, 4.69) is 17.3 Å². The molecule has 25 heavy (non-hydrogen) atoms. The van der Waals surface area contributed by atoms with Crippen LogP contribution in [-0.2, 0) is 22.6 Å². The summed E-state index contributed by atoms with van der Waals surface area (Å²) in [5.74, 6) is 0.500. The first-order chi connectivity index (χ1) is 12.0. The van der Waals surface area contributed by atoms with Crippen molar-refractivity contribution in [3.05, 3.63) is 41.6 Å². The first-order valence-electron chi connectivity index (χ1n) is 8.79. The van der Waals surface area contributed by atoms with E-state index in [0.29, 0.717) is 25.2 Å². The Bertz CT molecular complexity index is 779. The Balaban J connectivity index is 1.83. The van der Waals surface area contributed by atoms with Gasteiger partial charge in [0, 0.05) is 18.2 Å². The molecule has 2 aromatic rings. The van der Waals surface area contributed by atoms with Crippen molar-refractivity contribution in [2.24, 2.45) is 0 Å². The zero-order valence-corrected chi connectivity index (χ0v) is 15.0.